The zero-order valence-corrected chi connectivity index (χ0v) is 14.0. The molecule has 0 aliphatic carbocycles. The van der Waals surface area contributed by atoms with Gasteiger partial charge in [-0.2, -0.15) is 0 Å². The van der Waals surface area contributed by atoms with Crippen LogP contribution in [0.25, 0.3) is 0 Å². The number of hydrogen-bond acceptors (Lipinski definition) is 3. The molecule has 0 spiro atoms. The summed E-state index contributed by atoms with van der Waals surface area (Å²) in [5.41, 5.74) is 6.48. The van der Waals surface area contributed by atoms with E-state index in [1.54, 1.807) is 0 Å². The lowest BCUT2D eigenvalue weighted by atomic mass is 9.77. The highest BCUT2D eigenvalue weighted by atomic mass is 16.5. The lowest BCUT2D eigenvalue weighted by Gasteiger charge is -2.40. The normalized spacial score (nSPS) is 22.7. The number of ether oxygens (including phenoxy) is 1. The summed E-state index contributed by atoms with van der Waals surface area (Å²) in [6, 6.07) is 8.15. The van der Waals surface area contributed by atoms with Gasteiger partial charge in [-0.1, -0.05) is 25.1 Å². The third-order valence-corrected chi connectivity index (χ3v) is 4.58. The summed E-state index contributed by atoms with van der Waals surface area (Å²) in [7, 11) is 0. The van der Waals surface area contributed by atoms with E-state index < -0.39 is 0 Å². The Morgan fingerprint density at radius 3 is 2.77 bits per heavy atom. The summed E-state index contributed by atoms with van der Waals surface area (Å²) in [4.78, 5) is 14.2. The molecule has 1 aromatic rings. The number of para-hydroxylation sites is 1. The quantitative estimate of drug-likeness (QED) is 0.879. The highest BCUT2D eigenvalue weighted by molar-refractivity contribution is 5.81. The van der Waals surface area contributed by atoms with Crippen LogP contribution in [-0.4, -0.2) is 30.0 Å². The minimum atomic E-state index is -0.369. The lowest BCUT2D eigenvalue weighted by molar-refractivity contribution is -0.131. The van der Waals surface area contributed by atoms with Crippen molar-refractivity contribution in [3.63, 3.8) is 0 Å². The number of likely N-dealkylation sites (tertiary alicyclic amines) is 1. The molecule has 1 aliphatic heterocycles. The summed E-state index contributed by atoms with van der Waals surface area (Å²) in [6.45, 7) is 8.68. The third kappa shape index (κ3) is 3.80. The summed E-state index contributed by atoms with van der Waals surface area (Å²) in [5, 5.41) is 0. The average molecular weight is 304 g/mol. The molecular formula is C18H28N2O2. The van der Waals surface area contributed by atoms with E-state index in [1.165, 1.54) is 5.56 Å². The minimum absolute atomic E-state index is 0.155. The third-order valence-electron chi connectivity index (χ3n) is 4.58. The molecule has 0 aromatic heterocycles. The summed E-state index contributed by atoms with van der Waals surface area (Å²) < 4.78 is 5.89. The minimum Gasteiger partial charge on any atom is -0.491 e. The van der Waals surface area contributed by atoms with E-state index in [2.05, 4.69) is 17.9 Å². The Hall–Kier alpha value is -1.55. The first kappa shape index (κ1) is 16.8. The maximum Gasteiger partial charge on any atom is 0.224 e. The van der Waals surface area contributed by atoms with Crippen molar-refractivity contribution < 1.29 is 9.53 Å². The molecule has 22 heavy (non-hydrogen) atoms. The number of carbonyl (C=O) groups is 1. The highest BCUT2D eigenvalue weighted by Crippen LogP contribution is 2.34. The van der Waals surface area contributed by atoms with Gasteiger partial charge in [0, 0.05) is 18.7 Å². The molecule has 0 bridgehead atoms. The zero-order valence-electron chi connectivity index (χ0n) is 14.0. The number of primary amides is 1. The molecule has 122 valence electrons. The van der Waals surface area contributed by atoms with Gasteiger partial charge in [-0.3, -0.25) is 9.69 Å². The maximum absolute atomic E-state index is 11.9. The van der Waals surface area contributed by atoms with Crippen molar-refractivity contribution in [1.82, 2.24) is 4.90 Å². The Morgan fingerprint density at radius 1 is 1.41 bits per heavy atom. The number of benzene rings is 1. The van der Waals surface area contributed by atoms with E-state index in [0.29, 0.717) is 0 Å². The van der Waals surface area contributed by atoms with Crippen molar-refractivity contribution in [2.45, 2.75) is 52.7 Å². The van der Waals surface area contributed by atoms with Crippen molar-refractivity contribution in [3.05, 3.63) is 29.8 Å². The number of piperidine rings is 1. The molecule has 2 rings (SSSR count). The number of nitrogens with two attached hydrogens (primary N) is 1. The van der Waals surface area contributed by atoms with Crippen LogP contribution in [0.5, 0.6) is 5.75 Å². The molecule has 1 atom stereocenters. The second-order valence-electron chi connectivity index (χ2n) is 6.59. The van der Waals surface area contributed by atoms with Crippen molar-refractivity contribution in [2.24, 2.45) is 11.1 Å². The number of nitrogens with zero attached hydrogens (tertiary/aromatic N) is 1. The molecule has 1 fully saturated rings. The van der Waals surface area contributed by atoms with Gasteiger partial charge in [0.25, 0.3) is 0 Å². The molecule has 4 nitrogen and oxygen atoms in total. The van der Waals surface area contributed by atoms with Crippen molar-refractivity contribution in [3.8, 4) is 5.75 Å². The van der Waals surface area contributed by atoms with Gasteiger partial charge in [-0.15, -0.1) is 0 Å². The van der Waals surface area contributed by atoms with E-state index in [1.807, 2.05) is 32.0 Å². The Kier molecular flexibility index (Phi) is 5.46. The number of hydrogen-bond donors (Lipinski definition) is 1. The number of amides is 1. The first-order valence-electron chi connectivity index (χ1n) is 8.23. The molecule has 2 N–H and O–H groups in total. The van der Waals surface area contributed by atoms with E-state index in [9.17, 15) is 4.79 Å². The predicted octanol–water partition coefficient (Wildman–Crippen LogP) is 2.95. The van der Waals surface area contributed by atoms with Crippen LogP contribution < -0.4 is 10.5 Å². The van der Waals surface area contributed by atoms with Crippen LogP contribution in [0.3, 0.4) is 0 Å². The van der Waals surface area contributed by atoms with Crippen molar-refractivity contribution in [2.75, 3.05) is 13.1 Å². The molecule has 0 radical (unpaired) electrons. The monoisotopic (exact) mass is 304 g/mol. The van der Waals surface area contributed by atoms with Crippen molar-refractivity contribution in [1.29, 1.82) is 0 Å². The average Bonchev–Trinajstić information content (AvgIpc) is 2.48. The zero-order chi connectivity index (χ0) is 16.2. The Balaban J connectivity index is 2.12. The van der Waals surface area contributed by atoms with Crippen LogP contribution in [0.1, 0.15) is 45.6 Å². The molecule has 4 heteroatoms. The van der Waals surface area contributed by atoms with Crippen LogP contribution in [0, 0.1) is 5.41 Å². The van der Waals surface area contributed by atoms with Crippen LogP contribution in [0.4, 0.5) is 0 Å². The van der Waals surface area contributed by atoms with Gasteiger partial charge in [0.2, 0.25) is 5.91 Å². The van der Waals surface area contributed by atoms with Crippen LogP contribution >= 0.6 is 0 Å². The van der Waals surface area contributed by atoms with E-state index in [0.717, 1.165) is 44.6 Å². The molecule has 1 aromatic carbocycles. The van der Waals surface area contributed by atoms with Gasteiger partial charge < -0.3 is 10.5 Å². The van der Waals surface area contributed by atoms with Gasteiger partial charge in [0.15, 0.2) is 0 Å². The van der Waals surface area contributed by atoms with Crippen LogP contribution in [-0.2, 0) is 11.3 Å². The molecule has 1 aliphatic rings. The smallest absolute Gasteiger partial charge is 0.224 e. The molecular weight excluding hydrogens is 276 g/mol. The van der Waals surface area contributed by atoms with Crippen LogP contribution in [0.2, 0.25) is 0 Å². The highest BCUT2D eigenvalue weighted by Gasteiger charge is 2.39. The lowest BCUT2D eigenvalue weighted by Crippen LogP contribution is -2.49. The van der Waals surface area contributed by atoms with E-state index in [-0.39, 0.29) is 17.4 Å². The maximum atomic E-state index is 11.9. The standard InChI is InChI=1S/C18H28N2O2/c1-4-18(17(19)21)10-7-11-20(13-18)12-15-8-5-6-9-16(15)22-14(2)3/h5-6,8-9,14H,4,7,10-13H2,1-3H3,(H2,19,21). The number of carbonyl (C=O) groups excluding carboxylic acids is 1. The molecule has 1 unspecified atom stereocenters. The van der Waals surface area contributed by atoms with Gasteiger partial charge >= 0.3 is 0 Å². The summed E-state index contributed by atoms with van der Waals surface area (Å²) >= 11 is 0. The Morgan fingerprint density at radius 2 is 2.14 bits per heavy atom. The second-order valence-corrected chi connectivity index (χ2v) is 6.59. The first-order chi connectivity index (χ1) is 10.5. The fraction of sp³-hybridized carbons (Fsp3) is 0.611. The largest absolute Gasteiger partial charge is 0.491 e. The molecule has 1 amide bonds. The van der Waals surface area contributed by atoms with Gasteiger partial charge in [0.05, 0.1) is 11.5 Å². The topological polar surface area (TPSA) is 55.6 Å². The van der Waals surface area contributed by atoms with Crippen LogP contribution in [0.15, 0.2) is 24.3 Å². The molecule has 1 saturated heterocycles. The van der Waals surface area contributed by atoms with Gasteiger partial charge in [0.1, 0.15) is 5.75 Å². The van der Waals surface area contributed by atoms with Crippen molar-refractivity contribution >= 4 is 5.91 Å². The molecule has 0 saturated carbocycles. The van der Waals surface area contributed by atoms with E-state index in [4.69, 9.17) is 10.5 Å². The van der Waals surface area contributed by atoms with Gasteiger partial charge in [-0.05, 0) is 45.7 Å². The fourth-order valence-electron chi connectivity index (χ4n) is 3.27. The van der Waals surface area contributed by atoms with E-state index >= 15 is 0 Å². The second kappa shape index (κ2) is 7.14. The van der Waals surface area contributed by atoms with Gasteiger partial charge in [-0.25, -0.2) is 0 Å². The molecule has 1 heterocycles. The Bertz CT molecular complexity index is 516. The summed E-state index contributed by atoms with van der Waals surface area (Å²) in [6.07, 6.45) is 2.88. The Labute approximate surface area is 133 Å². The fourth-order valence-corrected chi connectivity index (χ4v) is 3.27. The summed E-state index contributed by atoms with van der Waals surface area (Å²) in [5.74, 6) is 0.774. The predicted molar refractivity (Wildman–Crippen MR) is 88.6 cm³/mol. The first-order valence-corrected chi connectivity index (χ1v) is 8.23. The number of rotatable bonds is 6. The SMILES string of the molecule is CCC1(C(N)=O)CCCN(Cc2ccccc2OC(C)C)C1.